The van der Waals surface area contributed by atoms with Gasteiger partial charge in [0, 0.05) is 62.9 Å². The number of fused-ring (bicyclic) bond motifs is 6. The Morgan fingerprint density at radius 2 is 0.865 bits per heavy atom. The molecule has 0 saturated heterocycles. The maximum Gasteiger partial charge on any atom is 0.0496 e. The van der Waals surface area contributed by atoms with Crippen molar-refractivity contribution in [3.63, 3.8) is 0 Å². The molecule has 0 aliphatic carbocycles. The van der Waals surface area contributed by atoms with Crippen LogP contribution in [0.2, 0.25) is 0 Å². The molecule has 0 fully saturated rings. The number of hydrogen-bond acceptors (Lipinski definition) is 0. The van der Waals surface area contributed by atoms with Crippen molar-refractivity contribution in [2.45, 2.75) is 73.2 Å². The molecule has 6 rings (SSSR count). The number of aromatic nitrogens is 2. The van der Waals surface area contributed by atoms with Crippen LogP contribution in [0.5, 0.6) is 0 Å². The largest absolute Gasteiger partial charge is 0.335 e. The second-order valence-corrected chi connectivity index (χ2v) is 12.0. The molecule has 0 amide bonds. The molecule has 6 aromatic rings. The van der Waals surface area contributed by atoms with Crippen LogP contribution in [0.15, 0.2) is 78.9 Å². The van der Waals surface area contributed by atoms with Gasteiger partial charge in [-0.3, -0.25) is 0 Å². The fourth-order valence-electron chi connectivity index (χ4n) is 5.56. The zero-order valence-corrected chi connectivity index (χ0v) is 22.9. The highest BCUT2D eigenvalue weighted by atomic mass is 15.1. The molecule has 4 aromatic carbocycles. The van der Waals surface area contributed by atoms with Crippen LogP contribution in [0.25, 0.3) is 43.6 Å². The Balaban J connectivity index is 0.000000171. The average Bonchev–Trinajstić information content (AvgIpc) is 3.40. The molecule has 0 radical (unpaired) electrons. The predicted molar refractivity (Wildman–Crippen MR) is 163 cm³/mol. The minimum absolute atomic E-state index is 0.0666. The van der Waals surface area contributed by atoms with Gasteiger partial charge in [-0.15, -0.1) is 0 Å². The third kappa shape index (κ3) is 4.44. The van der Waals surface area contributed by atoms with Crippen LogP contribution in [0.1, 0.15) is 66.5 Å². The van der Waals surface area contributed by atoms with Crippen molar-refractivity contribution in [3.05, 3.63) is 95.6 Å². The summed E-state index contributed by atoms with van der Waals surface area (Å²) in [5.41, 5.74) is 6.29. The minimum atomic E-state index is -2.08. The van der Waals surface area contributed by atoms with Crippen molar-refractivity contribution >= 4 is 43.6 Å². The van der Waals surface area contributed by atoms with Gasteiger partial charge in [-0.25, -0.2) is 0 Å². The molecule has 2 heterocycles. The van der Waals surface area contributed by atoms with Gasteiger partial charge in [0.05, 0.1) is 0 Å². The third-order valence-corrected chi connectivity index (χ3v) is 6.93. The smallest absolute Gasteiger partial charge is 0.0496 e. The molecule has 0 spiro atoms. The van der Waals surface area contributed by atoms with E-state index in [1.165, 1.54) is 5.56 Å². The molecule has 2 aromatic heterocycles. The maximum atomic E-state index is 7.65. The summed E-state index contributed by atoms with van der Waals surface area (Å²) >= 11 is 0. The first-order valence-electron chi connectivity index (χ1n) is 15.9. The first kappa shape index (κ1) is 18.7. The van der Waals surface area contributed by atoms with Gasteiger partial charge in [-0.05, 0) is 105 Å². The van der Waals surface area contributed by atoms with E-state index in [0.29, 0.717) is 11.1 Å². The van der Waals surface area contributed by atoms with Gasteiger partial charge >= 0.3 is 0 Å². The zero-order valence-electron chi connectivity index (χ0n) is 28.9. The number of para-hydroxylation sites is 1. The Morgan fingerprint density at radius 3 is 1.32 bits per heavy atom. The Labute approximate surface area is 230 Å². The highest BCUT2D eigenvalue weighted by Gasteiger charge is 2.21. The quantitative estimate of drug-likeness (QED) is 0.199. The fraction of sp³-hybridized carbons (Fsp3) is 0.314. The van der Waals surface area contributed by atoms with Crippen molar-refractivity contribution in [1.29, 1.82) is 0 Å². The van der Waals surface area contributed by atoms with Gasteiger partial charge in [-0.1, -0.05) is 53.1 Å². The van der Waals surface area contributed by atoms with Crippen LogP contribution >= 0.6 is 0 Å². The van der Waals surface area contributed by atoms with E-state index in [0.717, 1.165) is 43.6 Å². The average molecular weight is 495 g/mol. The van der Waals surface area contributed by atoms with E-state index < -0.39 is 13.7 Å². The zero-order chi connectivity index (χ0) is 31.7. The molecule has 0 atom stereocenters. The molecule has 0 saturated carbocycles. The van der Waals surface area contributed by atoms with Crippen LogP contribution < -0.4 is 0 Å². The molecule has 0 N–H and O–H groups in total. The number of nitrogens with zero attached hydrogens (tertiary/aromatic N) is 2. The molecule has 2 nitrogen and oxygen atoms in total. The third-order valence-electron chi connectivity index (χ3n) is 6.93. The summed E-state index contributed by atoms with van der Waals surface area (Å²) in [6.45, 7) is 10.9. The maximum absolute atomic E-state index is 7.65. The van der Waals surface area contributed by atoms with Crippen molar-refractivity contribution < 1.29 is 8.22 Å². The second-order valence-electron chi connectivity index (χ2n) is 12.0. The molecule has 0 unspecified atom stereocenters. The monoisotopic (exact) mass is 494 g/mol. The first-order chi connectivity index (χ1) is 19.8. The summed E-state index contributed by atoms with van der Waals surface area (Å²) < 4.78 is 50.4. The molecule has 190 valence electrons. The van der Waals surface area contributed by atoms with E-state index in [1.807, 2.05) is 36.4 Å². The van der Waals surface area contributed by atoms with E-state index in [9.17, 15) is 0 Å². The highest BCUT2D eigenvalue weighted by molar-refractivity contribution is 6.09. The predicted octanol–water partition coefficient (Wildman–Crippen LogP) is 10.0. The Kier molecular flexibility index (Phi) is 4.44. The molecular weight excluding hydrogens is 448 g/mol. The van der Waals surface area contributed by atoms with E-state index in [-0.39, 0.29) is 11.1 Å². The number of rotatable bonds is 0. The topological polar surface area (TPSA) is 9.86 Å². The second kappa shape index (κ2) is 8.80. The normalized spacial score (nSPS) is 15.5. The van der Waals surface area contributed by atoms with Crippen LogP contribution in [-0.2, 0) is 11.1 Å². The van der Waals surface area contributed by atoms with Gasteiger partial charge in [0.15, 0.2) is 0 Å². The summed E-state index contributed by atoms with van der Waals surface area (Å²) in [5.74, 6) is 0. The lowest BCUT2D eigenvalue weighted by atomic mass is 10.1. The summed E-state index contributed by atoms with van der Waals surface area (Å²) in [4.78, 5) is 0. The molecular formula is C35H40N2. The van der Waals surface area contributed by atoms with Crippen molar-refractivity contribution in [2.24, 2.45) is 0 Å². The Hall–Kier alpha value is -3.52. The van der Waals surface area contributed by atoms with Gasteiger partial charge in [-0.2, -0.15) is 0 Å². The minimum Gasteiger partial charge on any atom is -0.335 e. The summed E-state index contributed by atoms with van der Waals surface area (Å²) in [6.07, 6.45) is 0. The lowest BCUT2D eigenvalue weighted by Crippen LogP contribution is -2.21. The van der Waals surface area contributed by atoms with Gasteiger partial charge in [0.25, 0.3) is 0 Å². The molecule has 0 aliphatic rings. The molecule has 0 bridgehead atoms. The summed E-state index contributed by atoms with van der Waals surface area (Å²) in [6, 6.07) is 25.5. The SMILES string of the molecule is [2H]C([2H])([2H])c1ccc2c(c1)c1cc(C)ccc1n2C(C)(C)C.[2H]C([2H])([2H])c1ccc2c(c1)c1ccccc1n2C(C)(C)C. The van der Waals surface area contributed by atoms with E-state index in [2.05, 4.69) is 87.9 Å². The number of hydrogen-bond donors (Lipinski definition) is 0. The van der Waals surface area contributed by atoms with Crippen LogP contribution in [0.4, 0.5) is 0 Å². The fourth-order valence-corrected chi connectivity index (χ4v) is 5.56. The van der Waals surface area contributed by atoms with Crippen molar-refractivity contribution in [2.75, 3.05) is 0 Å². The number of benzene rings is 4. The Morgan fingerprint density at radius 1 is 0.486 bits per heavy atom. The van der Waals surface area contributed by atoms with Gasteiger partial charge in [0.1, 0.15) is 0 Å². The first-order valence-corrected chi connectivity index (χ1v) is 12.9. The van der Waals surface area contributed by atoms with E-state index in [1.54, 1.807) is 12.1 Å². The van der Waals surface area contributed by atoms with Gasteiger partial charge in [0.2, 0.25) is 0 Å². The highest BCUT2D eigenvalue weighted by Crippen LogP contribution is 2.36. The molecule has 37 heavy (non-hydrogen) atoms. The standard InChI is InChI=1S/C18H21N.C17H19N/c1-12-6-8-16-14(10-12)15-11-13(2)7-9-17(15)19(16)18(3,4)5;1-12-9-10-16-14(11-12)13-7-5-6-8-15(13)18(16)17(2,3)4/h6-11H,1-5H3;5-11H,1-4H3/i2*1D3. The summed E-state index contributed by atoms with van der Waals surface area (Å²) in [7, 11) is 0. The summed E-state index contributed by atoms with van der Waals surface area (Å²) in [5, 5.41) is 4.25. The van der Waals surface area contributed by atoms with Crippen LogP contribution in [0, 0.1) is 20.6 Å². The van der Waals surface area contributed by atoms with E-state index >= 15 is 0 Å². The number of aryl methyl sites for hydroxylation is 3. The lowest BCUT2D eigenvalue weighted by molar-refractivity contribution is 0.423. The van der Waals surface area contributed by atoms with Gasteiger partial charge < -0.3 is 9.13 Å². The van der Waals surface area contributed by atoms with E-state index in [4.69, 9.17) is 8.22 Å². The lowest BCUT2D eigenvalue weighted by Gasteiger charge is -2.24. The molecule has 2 heteroatoms. The van der Waals surface area contributed by atoms with Crippen molar-refractivity contribution in [1.82, 2.24) is 9.13 Å². The van der Waals surface area contributed by atoms with Crippen LogP contribution in [-0.4, -0.2) is 9.13 Å². The Bertz CT molecular complexity index is 1970. The van der Waals surface area contributed by atoms with Crippen LogP contribution in [0.3, 0.4) is 0 Å². The molecule has 0 aliphatic heterocycles. The van der Waals surface area contributed by atoms with Crippen molar-refractivity contribution in [3.8, 4) is 0 Å².